The molecule has 1 aliphatic heterocycles. The monoisotopic (exact) mass is 234 g/mol. The lowest BCUT2D eigenvalue weighted by Gasteiger charge is -2.18. The van der Waals surface area contributed by atoms with Gasteiger partial charge in [0, 0.05) is 25.0 Å². The van der Waals surface area contributed by atoms with Crippen LogP contribution in [0, 0.1) is 6.92 Å². The third kappa shape index (κ3) is 2.26. The van der Waals surface area contributed by atoms with Crippen molar-refractivity contribution in [2.45, 2.75) is 19.8 Å². The Morgan fingerprint density at radius 3 is 3.00 bits per heavy atom. The normalized spacial score (nSPS) is 13.9. The largest absolute Gasteiger partial charge is 0.398 e. The first-order valence-corrected chi connectivity index (χ1v) is 5.81. The Hall–Kier alpha value is -1.55. The molecular weight excluding hydrogens is 216 g/mol. The van der Waals surface area contributed by atoms with E-state index in [0.717, 1.165) is 29.9 Å². The molecule has 1 aromatic rings. The topological polar surface area (TPSA) is 55.6 Å². The zero-order valence-electron chi connectivity index (χ0n) is 10.3. The third-order valence-corrected chi connectivity index (χ3v) is 3.18. The molecule has 0 bridgehead atoms. The summed E-state index contributed by atoms with van der Waals surface area (Å²) in [5, 5.41) is 0. The highest BCUT2D eigenvalue weighted by atomic mass is 16.5. The van der Waals surface area contributed by atoms with Gasteiger partial charge in [-0.1, -0.05) is 6.07 Å². The van der Waals surface area contributed by atoms with Gasteiger partial charge >= 0.3 is 0 Å². The van der Waals surface area contributed by atoms with Crippen LogP contribution in [0.25, 0.3) is 0 Å². The van der Waals surface area contributed by atoms with Gasteiger partial charge in [-0.25, -0.2) is 0 Å². The van der Waals surface area contributed by atoms with Crippen molar-refractivity contribution < 1.29 is 9.53 Å². The van der Waals surface area contributed by atoms with Crippen molar-refractivity contribution in [3.05, 3.63) is 23.3 Å². The molecular formula is C13H18N2O2. The van der Waals surface area contributed by atoms with Crippen LogP contribution in [0.2, 0.25) is 0 Å². The number of hydrogen-bond acceptors (Lipinski definition) is 3. The van der Waals surface area contributed by atoms with Gasteiger partial charge in [0.2, 0.25) is 5.91 Å². The van der Waals surface area contributed by atoms with E-state index in [4.69, 9.17) is 10.5 Å². The number of methoxy groups -OCH3 is 1. The van der Waals surface area contributed by atoms with Crippen LogP contribution in [0.3, 0.4) is 0 Å². The van der Waals surface area contributed by atoms with E-state index in [1.165, 1.54) is 5.56 Å². The standard InChI is InChI=1S/C13H18N2O2/c1-9-7-10-3-5-15(12(10)8-11(9)14)13(16)4-6-17-2/h7-8H,3-6,14H2,1-2H3. The molecule has 0 spiro atoms. The Bertz CT molecular complexity index is 443. The number of carbonyl (C=O) groups excluding carboxylic acids is 1. The SMILES string of the molecule is COCCC(=O)N1CCc2cc(C)c(N)cc21. The predicted molar refractivity (Wildman–Crippen MR) is 68.1 cm³/mol. The molecule has 0 unspecified atom stereocenters. The molecule has 1 aliphatic rings. The Balaban J connectivity index is 2.21. The highest BCUT2D eigenvalue weighted by Gasteiger charge is 2.24. The van der Waals surface area contributed by atoms with Crippen LogP contribution in [0.5, 0.6) is 0 Å². The van der Waals surface area contributed by atoms with Crippen LogP contribution in [0.4, 0.5) is 11.4 Å². The van der Waals surface area contributed by atoms with Gasteiger partial charge in [0.05, 0.1) is 13.0 Å². The minimum absolute atomic E-state index is 0.105. The molecule has 0 saturated heterocycles. The number of benzene rings is 1. The van der Waals surface area contributed by atoms with Gasteiger partial charge in [0.25, 0.3) is 0 Å². The van der Waals surface area contributed by atoms with Gasteiger partial charge in [-0.3, -0.25) is 4.79 Å². The van der Waals surface area contributed by atoms with Crippen molar-refractivity contribution in [3.8, 4) is 0 Å². The van der Waals surface area contributed by atoms with Gasteiger partial charge in [-0.2, -0.15) is 0 Å². The maximum Gasteiger partial charge on any atom is 0.229 e. The zero-order chi connectivity index (χ0) is 12.4. The number of amides is 1. The summed E-state index contributed by atoms with van der Waals surface area (Å²) in [5.74, 6) is 0.105. The first-order valence-electron chi connectivity index (χ1n) is 5.81. The van der Waals surface area contributed by atoms with Crippen LogP contribution in [0.15, 0.2) is 12.1 Å². The molecule has 1 aromatic carbocycles. The second kappa shape index (κ2) is 4.75. The Morgan fingerprint density at radius 1 is 1.53 bits per heavy atom. The minimum atomic E-state index is 0.105. The van der Waals surface area contributed by atoms with Crippen molar-refractivity contribution in [3.63, 3.8) is 0 Å². The molecule has 4 heteroatoms. The van der Waals surface area contributed by atoms with Crippen LogP contribution in [-0.2, 0) is 16.0 Å². The molecule has 92 valence electrons. The molecule has 0 aliphatic carbocycles. The van der Waals surface area contributed by atoms with Crippen molar-refractivity contribution in [1.82, 2.24) is 0 Å². The van der Waals surface area contributed by atoms with E-state index in [1.807, 2.05) is 17.9 Å². The predicted octanol–water partition coefficient (Wildman–Crippen LogP) is 1.50. The summed E-state index contributed by atoms with van der Waals surface area (Å²) >= 11 is 0. The molecule has 4 nitrogen and oxygen atoms in total. The van der Waals surface area contributed by atoms with Crippen molar-refractivity contribution in [1.29, 1.82) is 0 Å². The molecule has 1 amide bonds. The maximum absolute atomic E-state index is 12.0. The molecule has 2 rings (SSSR count). The average Bonchev–Trinajstić information content (AvgIpc) is 2.69. The number of rotatable bonds is 3. The van der Waals surface area contributed by atoms with Gasteiger partial charge in [0.1, 0.15) is 0 Å². The fourth-order valence-corrected chi connectivity index (χ4v) is 2.16. The van der Waals surface area contributed by atoms with Crippen LogP contribution in [0.1, 0.15) is 17.5 Å². The Labute approximate surface area is 101 Å². The quantitative estimate of drug-likeness (QED) is 0.806. The second-order valence-corrected chi connectivity index (χ2v) is 4.38. The van der Waals surface area contributed by atoms with Gasteiger partial charge in [-0.15, -0.1) is 0 Å². The van der Waals surface area contributed by atoms with E-state index < -0.39 is 0 Å². The lowest BCUT2D eigenvalue weighted by atomic mass is 10.1. The second-order valence-electron chi connectivity index (χ2n) is 4.38. The number of nitrogen functional groups attached to an aromatic ring is 1. The van der Waals surface area contributed by atoms with Gasteiger partial charge < -0.3 is 15.4 Å². The van der Waals surface area contributed by atoms with E-state index in [2.05, 4.69) is 6.07 Å². The molecule has 17 heavy (non-hydrogen) atoms. The van der Waals surface area contributed by atoms with E-state index in [0.29, 0.717) is 13.0 Å². The number of nitrogens with two attached hydrogens (primary N) is 1. The number of hydrogen-bond donors (Lipinski definition) is 1. The molecule has 2 N–H and O–H groups in total. The molecule has 0 saturated carbocycles. The van der Waals surface area contributed by atoms with Crippen molar-refractivity contribution in [2.75, 3.05) is 30.9 Å². The number of anilines is 2. The highest BCUT2D eigenvalue weighted by Crippen LogP contribution is 2.32. The molecule has 0 fully saturated rings. The van der Waals surface area contributed by atoms with Crippen LogP contribution in [-0.4, -0.2) is 26.2 Å². The summed E-state index contributed by atoms with van der Waals surface area (Å²) in [6, 6.07) is 3.98. The average molecular weight is 234 g/mol. The highest BCUT2D eigenvalue weighted by molar-refractivity contribution is 5.96. The maximum atomic E-state index is 12.0. The fraction of sp³-hybridized carbons (Fsp3) is 0.462. The van der Waals surface area contributed by atoms with Crippen molar-refractivity contribution >= 4 is 17.3 Å². The molecule has 0 radical (unpaired) electrons. The summed E-state index contributed by atoms with van der Waals surface area (Å²) in [6.45, 7) is 3.21. The van der Waals surface area contributed by atoms with Crippen LogP contribution >= 0.6 is 0 Å². The Morgan fingerprint density at radius 2 is 2.29 bits per heavy atom. The molecule has 1 heterocycles. The molecule has 0 aromatic heterocycles. The first-order chi connectivity index (χ1) is 8.13. The minimum Gasteiger partial charge on any atom is -0.398 e. The summed E-state index contributed by atoms with van der Waals surface area (Å²) < 4.78 is 4.93. The van der Waals surface area contributed by atoms with Gasteiger partial charge in [-0.05, 0) is 30.5 Å². The van der Waals surface area contributed by atoms with E-state index in [1.54, 1.807) is 7.11 Å². The van der Waals surface area contributed by atoms with E-state index in [-0.39, 0.29) is 5.91 Å². The van der Waals surface area contributed by atoms with Crippen molar-refractivity contribution in [2.24, 2.45) is 0 Å². The smallest absolute Gasteiger partial charge is 0.229 e. The van der Waals surface area contributed by atoms with Crippen LogP contribution < -0.4 is 10.6 Å². The van der Waals surface area contributed by atoms with E-state index in [9.17, 15) is 4.79 Å². The lowest BCUT2D eigenvalue weighted by Crippen LogP contribution is -2.29. The zero-order valence-corrected chi connectivity index (χ0v) is 10.3. The number of nitrogens with zero attached hydrogens (tertiary/aromatic N) is 1. The number of carbonyl (C=O) groups is 1. The summed E-state index contributed by atoms with van der Waals surface area (Å²) in [5.41, 5.74) is 9.89. The van der Waals surface area contributed by atoms with E-state index >= 15 is 0 Å². The number of fused-ring (bicyclic) bond motifs is 1. The lowest BCUT2D eigenvalue weighted by molar-refractivity contribution is -0.119. The summed E-state index contributed by atoms with van der Waals surface area (Å²) in [6.07, 6.45) is 1.33. The Kier molecular flexibility index (Phi) is 3.33. The third-order valence-electron chi connectivity index (χ3n) is 3.18. The fourth-order valence-electron chi connectivity index (χ4n) is 2.16. The summed E-state index contributed by atoms with van der Waals surface area (Å²) in [7, 11) is 1.60. The number of ether oxygens (including phenoxy) is 1. The van der Waals surface area contributed by atoms with Gasteiger partial charge in [0.15, 0.2) is 0 Å². The molecule has 0 atom stereocenters. The first kappa shape index (κ1) is 11.9. The number of aryl methyl sites for hydroxylation is 1. The summed E-state index contributed by atoms with van der Waals surface area (Å²) in [4.78, 5) is 13.8.